The molecule has 0 fully saturated rings. The smallest absolute Gasteiger partial charge is 0.156 e. The van der Waals surface area contributed by atoms with Gasteiger partial charge in [0.2, 0.25) is 0 Å². The van der Waals surface area contributed by atoms with Crippen molar-refractivity contribution in [2.45, 2.75) is 13.8 Å². The van der Waals surface area contributed by atoms with E-state index in [0.717, 1.165) is 28.1 Å². The van der Waals surface area contributed by atoms with E-state index in [4.69, 9.17) is 10.5 Å². The van der Waals surface area contributed by atoms with Crippen molar-refractivity contribution in [3.8, 4) is 22.7 Å². The Hall–Kier alpha value is -2.82. The van der Waals surface area contributed by atoms with Crippen LogP contribution < -0.4 is 10.5 Å². The van der Waals surface area contributed by atoms with E-state index in [2.05, 4.69) is 17.2 Å². The maximum atomic E-state index is 6.26. The van der Waals surface area contributed by atoms with E-state index in [1.807, 2.05) is 49.4 Å². The fourth-order valence-electron chi connectivity index (χ4n) is 2.38. The van der Waals surface area contributed by atoms with E-state index in [0.29, 0.717) is 11.5 Å². The lowest BCUT2D eigenvalue weighted by Gasteiger charge is -2.10. The number of benzene rings is 2. The molecule has 0 aliphatic heterocycles. The van der Waals surface area contributed by atoms with E-state index in [1.54, 1.807) is 11.8 Å². The SMILES string of the molecule is COc1cc(C)c(C)cc1-c1nnn(-c2ccccc2)c1N. The van der Waals surface area contributed by atoms with Crippen LogP contribution in [0.2, 0.25) is 0 Å². The number of methoxy groups -OCH3 is 1. The second-order valence-electron chi connectivity index (χ2n) is 5.21. The van der Waals surface area contributed by atoms with E-state index >= 15 is 0 Å². The number of aryl methyl sites for hydroxylation is 2. The molecule has 2 aromatic carbocycles. The zero-order valence-electron chi connectivity index (χ0n) is 12.9. The van der Waals surface area contributed by atoms with Gasteiger partial charge in [0.25, 0.3) is 0 Å². The molecular weight excluding hydrogens is 276 g/mol. The van der Waals surface area contributed by atoms with Crippen molar-refractivity contribution < 1.29 is 4.74 Å². The Kier molecular flexibility index (Phi) is 3.55. The van der Waals surface area contributed by atoms with Crippen LogP contribution >= 0.6 is 0 Å². The number of anilines is 1. The molecule has 0 radical (unpaired) electrons. The molecule has 0 saturated carbocycles. The topological polar surface area (TPSA) is 66.0 Å². The monoisotopic (exact) mass is 294 g/mol. The Morgan fingerprint density at radius 1 is 1.05 bits per heavy atom. The first-order chi connectivity index (χ1) is 10.6. The summed E-state index contributed by atoms with van der Waals surface area (Å²) in [7, 11) is 1.64. The van der Waals surface area contributed by atoms with Crippen LogP contribution in [0.5, 0.6) is 5.75 Å². The highest BCUT2D eigenvalue weighted by Gasteiger charge is 2.17. The zero-order valence-corrected chi connectivity index (χ0v) is 12.9. The van der Waals surface area contributed by atoms with Gasteiger partial charge in [0.15, 0.2) is 5.82 Å². The lowest BCUT2D eigenvalue weighted by atomic mass is 10.0. The third-order valence-corrected chi connectivity index (χ3v) is 3.78. The van der Waals surface area contributed by atoms with Gasteiger partial charge < -0.3 is 10.5 Å². The highest BCUT2D eigenvalue weighted by atomic mass is 16.5. The van der Waals surface area contributed by atoms with Gasteiger partial charge in [0, 0.05) is 5.56 Å². The van der Waals surface area contributed by atoms with Crippen molar-refractivity contribution in [3.63, 3.8) is 0 Å². The Bertz CT molecular complexity index is 809. The van der Waals surface area contributed by atoms with Crippen LogP contribution in [-0.2, 0) is 0 Å². The van der Waals surface area contributed by atoms with Crippen LogP contribution in [0.25, 0.3) is 16.9 Å². The minimum Gasteiger partial charge on any atom is -0.496 e. The lowest BCUT2D eigenvalue weighted by Crippen LogP contribution is -2.02. The second-order valence-corrected chi connectivity index (χ2v) is 5.21. The van der Waals surface area contributed by atoms with Gasteiger partial charge in [-0.1, -0.05) is 23.4 Å². The molecular formula is C17H18N4O. The van der Waals surface area contributed by atoms with Gasteiger partial charge in [-0.2, -0.15) is 4.68 Å². The fraction of sp³-hybridized carbons (Fsp3) is 0.176. The Morgan fingerprint density at radius 2 is 1.73 bits per heavy atom. The zero-order chi connectivity index (χ0) is 15.7. The maximum absolute atomic E-state index is 6.26. The third-order valence-electron chi connectivity index (χ3n) is 3.78. The van der Waals surface area contributed by atoms with Crippen LogP contribution in [0.3, 0.4) is 0 Å². The lowest BCUT2D eigenvalue weighted by molar-refractivity contribution is 0.416. The Morgan fingerprint density at radius 3 is 2.41 bits per heavy atom. The standard InChI is InChI=1S/C17H18N4O/c1-11-9-14(15(22-3)10-12(11)2)16-17(18)21(20-19-16)13-7-5-4-6-8-13/h4-10H,18H2,1-3H3. The minimum atomic E-state index is 0.493. The first kappa shape index (κ1) is 14.1. The number of nitrogens with two attached hydrogens (primary N) is 1. The summed E-state index contributed by atoms with van der Waals surface area (Å²) in [5.74, 6) is 1.24. The minimum absolute atomic E-state index is 0.493. The van der Waals surface area contributed by atoms with Crippen LogP contribution in [0.4, 0.5) is 5.82 Å². The van der Waals surface area contributed by atoms with Crippen molar-refractivity contribution in [1.82, 2.24) is 15.0 Å². The highest BCUT2D eigenvalue weighted by molar-refractivity contribution is 5.77. The van der Waals surface area contributed by atoms with E-state index in [-0.39, 0.29) is 0 Å². The number of rotatable bonds is 3. The van der Waals surface area contributed by atoms with Crippen LogP contribution in [0.15, 0.2) is 42.5 Å². The fourth-order valence-corrected chi connectivity index (χ4v) is 2.38. The number of para-hydroxylation sites is 1. The average molecular weight is 294 g/mol. The number of ether oxygens (including phenoxy) is 1. The molecule has 112 valence electrons. The molecule has 1 heterocycles. The number of nitrogen functional groups attached to an aromatic ring is 1. The van der Waals surface area contributed by atoms with Crippen LogP contribution in [-0.4, -0.2) is 22.1 Å². The van der Waals surface area contributed by atoms with Gasteiger partial charge >= 0.3 is 0 Å². The molecule has 1 aromatic heterocycles. The molecule has 0 amide bonds. The molecule has 0 aliphatic rings. The van der Waals surface area contributed by atoms with Gasteiger partial charge in [-0.25, -0.2) is 0 Å². The van der Waals surface area contributed by atoms with Gasteiger partial charge in [-0.15, -0.1) is 5.10 Å². The first-order valence-electron chi connectivity index (χ1n) is 7.04. The predicted molar refractivity (Wildman–Crippen MR) is 87.2 cm³/mol. The van der Waals surface area contributed by atoms with Crippen LogP contribution in [0.1, 0.15) is 11.1 Å². The number of hydrogen-bond acceptors (Lipinski definition) is 4. The summed E-state index contributed by atoms with van der Waals surface area (Å²) in [5, 5.41) is 8.43. The van der Waals surface area contributed by atoms with Crippen molar-refractivity contribution >= 4 is 5.82 Å². The molecule has 0 saturated heterocycles. The van der Waals surface area contributed by atoms with Crippen LogP contribution in [0, 0.1) is 13.8 Å². The van der Waals surface area contributed by atoms with Crippen molar-refractivity contribution in [1.29, 1.82) is 0 Å². The predicted octanol–water partition coefficient (Wildman–Crippen LogP) is 3.14. The van der Waals surface area contributed by atoms with E-state index in [1.165, 1.54) is 0 Å². The molecule has 3 aromatic rings. The van der Waals surface area contributed by atoms with Crippen molar-refractivity contribution in [2.24, 2.45) is 0 Å². The highest BCUT2D eigenvalue weighted by Crippen LogP contribution is 2.34. The van der Waals surface area contributed by atoms with Crippen molar-refractivity contribution in [3.05, 3.63) is 53.6 Å². The summed E-state index contributed by atoms with van der Waals surface area (Å²) in [4.78, 5) is 0. The molecule has 0 aliphatic carbocycles. The van der Waals surface area contributed by atoms with Gasteiger partial charge in [-0.05, 0) is 49.2 Å². The molecule has 0 atom stereocenters. The average Bonchev–Trinajstić information content (AvgIpc) is 2.92. The summed E-state index contributed by atoms with van der Waals surface area (Å²) in [6, 6.07) is 13.7. The number of hydrogen-bond donors (Lipinski definition) is 1. The summed E-state index contributed by atoms with van der Waals surface area (Å²) in [6.45, 7) is 4.10. The third kappa shape index (κ3) is 2.30. The molecule has 0 unspecified atom stereocenters. The number of aromatic nitrogens is 3. The Labute approximate surface area is 129 Å². The van der Waals surface area contributed by atoms with E-state index in [9.17, 15) is 0 Å². The first-order valence-corrected chi connectivity index (χ1v) is 7.04. The maximum Gasteiger partial charge on any atom is 0.156 e. The summed E-state index contributed by atoms with van der Waals surface area (Å²) in [5.41, 5.74) is 10.9. The summed E-state index contributed by atoms with van der Waals surface area (Å²) >= 11 is 0. The molecule has 5 nitrogen and oxygen atoms in total. The summed E-state index contributed by atoms with van der Waals surface area (Å²) < 4.78 is 7.10. The molecule has 2 N–H and O–H groups in total. The van der Waals surface area contributed by atoms with E-state index < -0.39 is 0 Å². The van der Waals surface area contributed by atoms with Crippen molar-refractivity contribution in [2.75, 3.05) is 12.8 Å². The molecule has 0 bridgehead atoms. The van der Waals surface area contributed by atoms with Gasteiger partial charge in [-0.3, -0.25) is 0 Å². The molecule has 3 rings (SSSR count). The van der Waals surface area contributed by atoms with Gasteiger partial charge in [0.05, 0.1) is 12.8 Å². The van der Waals surface area contributed by atoms with Gasteiger partial charge in [0.1, 0.15) is 11.4 Å². The molecule has 22 heavy (non-hydrogen) atoms. The quantitative estimate of drug-likeness (QED) is 0.806. The molecule has 0 spiro atoms. The second kappa shape index (κ2) is 5.52. The largest absolute Gasteiger partial charge is 0.496 e. The Balaban J connectivity index is 2.15. The summed E-state index contributed by atoms with van der Waals surface area (Å²) in [6.07, 6.45) is 0. The normalized spacial score (nSPS) is 10.7. The number of nitrogens with zero attached hydrogens (tertiary/aromatic N) is 3. The molecule has 5 heteroatoms.